The lowest BCUT2D eigenvalue weighted by Crippen LogP contribution is -2.29. The van der Waals surface area contributed by atoms with E-state index in [1.165, 1.54) is 6.33 Å². The second-order valence-electron chi connectivity index (χ2n) is 6.25. The van der Waals surface area contributed by atoms with Crippen LogP contribution in [0.4, 0.5) is 0 Å². The van der Waals surface area contributed by atoms with E-state index in [2.05, 4.69) is 22.6 Å². The predicted molar refractivity (Wildman–Crippen MR) is 105 cm³/mol. The molecule has 26 heavy (non-hydrogen) atoms. The Labute approximate surface area is 159 Å². The zero-order chi connectivity index (χ0) is 19.2. The first kappa shape index (κ1) is 20.1. The highest BCUT2D eigenvalue weighted by molar-refractivity contribution is 6.33. The number of aromatic nitrogens is 3. The second kappa shape index (κ2) is 8.95. The highest BCUT2D eigenvalue weighted by Crippen LogP contribution is 2.46. The molecule has 0 atom stereocenters. The molecule has 6 heteroatoms. The van der Waals surface area contributed by atoms with Crippen molar-refractivity contribution in [2.75, 3.05) is 0 Å². The van der Waals surface area contributed by atoms with E-state index < -0.39 is 5.41 Å². The molecular weight excluding hydrogens is 348 g/mol. The van der Waals surface area contributed by atoms with E-state index in [9.17, 15) is 10.1 Å². The third kappa shape index (κ3) is 3.96. The van der Waals surface area contributed by atoms with Crippen molar-refractivity contribution in [3.63, 3.8) is 0 Å². The Balaban J connectivity index is 0.00000117. The fraction of sp³-hybridized carbons (Fsp3) is 0.500. The van der Waals surface area contributed by atoms with E-state index in [4.69, 9.17) is 11.6 Å². The number of halogens is 1. The molecule has 0 radical (unpaired) electrons. The number of hydrogen-bond acceptors (Lipinski definition) is 4. The summed E-state index contributed by atoms with van der Waals surface area (Å²) in [6.45, 7) is 8.28. The first-order valence-electron chi connectivity index (χ1n) is 9.19. The summed E-state index contributed by atoms with van der Waals surface area (Å²) in [6.07, 6.45) is 8.60. The lowest BCUT2D eigenvalue weighted by Gasteiger charge is -2.14. The SMILES string of the molecule is C=CCCCCCn1c(=O)c(C2(C#N)CC2)cc2c(Cl)ncnc21.CC. The van der Waals surface area contributed by atoms with Crippen LogP contribution in [-0.4, -0.2) is 14.5 Å². The monoisotopic (exact) mass is 372 g/mol. The second-order valence-corrected chi connectivity index (χ2v) is 6.61. The summed E-state index contributed by atoms with van der Waals surface area (Å²) in [5.41, 5.74) is 0.288. The fourth-order valence-electron chi connectivity index (χ4n) is 3.00. The van der Waals surface area contributed by atoms with Gasteiger partial charge in [0.05, 0.1) is 16.9 Å². The maximum Gasteiger partial charge on any atom is 0.257 e. The molecule has 2 heterocycles. The van der Waals surface area contributed by atoms with Gasteiger partial charge in [0.2, 0.25) is 0 Å². The summed E-state index contributed by atoms with van der Waals surface area (Å²) in [5.74, 6) is 0. The van der Waals surface area contributed by atoms with Crippen molar-refractivity contribution in [1.82, 2.24) is 14.5 Å². The molecule has 3 rings (SSSR count). The quantitative estimate of drug-likeness (QED) is 0.398. The topological polar surface area (TPSA) is 71.6 Å². The third-order valence-corrected chi connectivity index (χ3v) is 4.90. The lowest BCUT2D eigenvalue weighted by atomic mass is 9.98. The number of unbranched alkanes of at least 4 members (excludes halogenated alkanes) is 3. The number of rotatable bonds is 7. The molecule has 0 aliphatic heterocycles. The van der Waals surface area contributed by atoms with Crippen molar-refractivity contribution in [1.29, 1.82) is 5.26 Å². The molecule has 2 aromatic rings. The first-order chi connectivity index (χ1) is 12.6. The van der Waals surface area contributed by atoms with Gasteiger partial charge >= 0.3 is 0 Å². The molecule has 0 N–H and O–H groups in total. The molecule has 0 saturated heterocycles. The molecule has 1 saturated carbocycles. The number of aryl methyl sites for hydroxylation is 1. The van der Waals surface area contributed by atoms with Crippen LogP contribution >= 0.6 is 11.6 Å². The Hall–Kier alpha value is -2.19. The Bertz CT molecular complexity index is 878. The van der Waals surface area contributed by atoms with Gasteiger partial charge in [0, 0.05) is 12.1 Å². The van der Waals surface area contributed by atoms with E-state index in [-0.39, 0.29) is 5.56 Å². The van der Waals surface area contributed by atoms with Gasteiger partial charge in [-0.25, -0.2) is 9.97 Å². The van der Waals surface area contributed by atoms with Crippen LogP contribution in [0.15, 0.2) is 29.8 Å². The highest BCUT2D eigenvalue weighted by Gasteiger charge is 2.47. The normalized spacial score (nSPS) is 14.2. The summed E-state index contributed by atoms with van der Waals surface area (Å²) in [7, 11) is 0. The molecule has 1 aliphatic rings. The summed E-state index contributed by atoms with van der Waals surface area (Å²) in [6, 6.07) is 4.01. The molecule has 0 spiro atoms. The van der Waals surface area contributed by atoms with Crippen molar-refractivity contribution in [2.45, 2.75) is 64.3 Å². The van der Waals surface area contributed by atoms with E-state index in [0.29, 0.717) is 28.3 Å². The third-order valence-electron chi connectivity index (χ3n) is 4.60. The van der Waals surface area contributed by atoms with Gasteiger partial charge in [-0.15, -0.1) is 6.58 Å². The van der Waals surface area contributed by atoms with Gasteiger partial charge in [-0.1, -0.05) is 37.9 Å². The molecule has 1 fully saturated rings. The van der Waals surface area contributed by atoms with Crippen LogP contribution in [0.5, 0.6) is 0 Å². The number of nitriles is 1. The largest absolute Gasteiger partial charge is 0.292 e. The maximum atomic E-state index is 13.0. The van der Waals surface area contributed by atoms with Crippen molar-refractivity contribution in [2.24, 2.45) is 0 Å². The van der Waals surface area contributed by atoms with E-state index >= 15 is 0 Å². The van der Waals surface area contributed by atoms with Crippen molar-refractivity contribution in [3.8, 4) is 6.07 Å². The Kier molecular flexibility index (Phi) is 6.93. The number of fused-ring (bicyclic) bond motifs is 1. The van der Waals surface area contributed by atoms with Crippen LogP contribution in [0.3, 0.4) is 0 Å². The van der Waals surface area contributed by atoms with E-state index in [1.54, 1.807) is 10.6 Å². The zero-order valence-corrected chi connectivity index (χ0v) is 16.2. The Morgan fingerprint density at radius 2 is 2.08 bits per heavy atom. The molecule has 0 aromatic carbocycles. The minimum absolute atomic E-state index is 0.125. The van der Waals surface area contributed by atoms with Gasteiger partial charge in [0.25, 0.3) is 5.56 Å². The molecule has 0 bridgehead atoms. The number of hydrogen-bond donors (Lipinski definition) is 0. The van der Waals surface area contributed by atoms with Crippen LogP contribution in [0.1, 0.15) is 57.9 Å². The van der Waals surface area contributed by atoms with Crippen LogP contribution in [-0.2, 0) is 12.0 Å². The molecule has 5 nitrogen and oxygen atoms in total. The van der Waals surface area contributed by atoms with Crippen molar-refractivity contribution in [3.05, 3.63) is 46.1 Å². The van der Waals surface area contributed by atoms with Gasteiger partial charge in [0.1, 0.15) is 17.1 Å². The average Bonchev–Trinajstić information content (AvgIpc) is 3.46. The molecule has 138 valence electrons. The number of allylic oxidation sites excluding steroid dienone is 1. The van der Waals surface area contributed by atoms with E-state index in [1.807, 2.05) is 19.9 Å². The Morgan fingerprint density at radius 1 is 1.35 bits per heavy atom. The minimum Gasteiger partial charge on any atom is -0.292 e. The molecular formula is C20H25ClN4O. The molecule has 0 amide bonds. The zero-order valence-electron chi connectivity index (χ0n) is 15.5. The van der Waals surface area contributed by atoms with Gasteiger partial charge in [0.15, 0.2) is 0 Å². The van der Waals surface area contributed by atoms with Crippen LogP contribution in [0.25, 0.3) is 11.0 Å². The summed E-state index contributed by atoms with van der Waals surface area (Å²) in [4.78, 5) is 21.2. The number of nitrogens with zero attached hydrogens (tertiary/aromatic N) is 4. The van der Waals surface area contributed by atoms with Gasteiger partial charge < -0.3 is 0 Å². The van der Waals surface area contributed by atoms with Crippen molar-refractivity contribution >= 4 is 22.6 Å². The van der Waals surface area contributed by atoms with Gasteiger partial charge in [-0.3, -0.25) is 9.36 Å². The summed E-state index contributed by atoms with van der Waals surface area (Å²) in [5, 5.41) is 10.4. The standard InChI is InChI=1S/C18H19ClN4O.C2H6/c1-2-3-4-5-6-9-23-16-13(15(19)21-12-22-16)10-14(17(23)24)18(11-20)7-8-18;1-2/h2,10,12H,1,3-9H2;1-2H3. The molecule has 1 aliphatic carbocycles. The van der Waals surface area contributed by atoms with E-state index in [0.717, 1.165) is 38.5 Å². The highest BCUT2D eigenvalue weighted by atomic mass is 35.5. The molecule has 2 aromatic heterocycles. The van der Waals surface area contributed by atoms with Gasteiger partial charge in [-0.05, 0) is 38.2 Å². The smallest absolute Gasteiger partial charge is 0.257 e. The minimum atomic E-state index is -0.658. The first-order valence-corrected chi connectivity index (χ1v) is 9.57. The number of pyridine rings is 1. The molecule has 0 unspecified atom stereocenters. The summed E-state index contributed by atoms with van der Waals surface area (Å²) >= 11 is 6.21. The predicted octanol–water partition coefficient (Wildman–Crippen LogP) is 4.77. The van der Waals surface area contributed by atoms with Gasteiger partial charge in [-0.2, -0.15) is 5.26 Å². The lowest BCUT2D eigenvalue weighted by molar-refractivity contribution is 0.582. The average molecular weight is 373 g/mol. The Morgan fingerprint density at radius 3 is 2.69 bits per heavy atom. The summed E-state index contributed by atoms with van der Waals surface area (Å²) < 4.78 is 1.66. The fourth-order valence-corrected chi connectivity index (χ4v) is 3.19. The van der Waals surface area contributed by atoms with Crippen LogP contribution < -0.4 is 5.56 Å². The maximum absolute atomic E-state index is 13.0. The van der Waals surface area contributed by atoms with Crippen molar-refractivity contribution < 1.29 is 0 Å². The van der Waals surface area contributed by atoms with Crippen LogP contribution in [0, 0.1) is 11.3 Å². The van der Waals surface area contributed by atoms with Crippen LogP contribution in [0.2, 0.25) is 5.15 Å².